The minimum Gasteiger partial charge on any atom is -0.148 e. The molecule has 2 aliphatic rings. The summed E-state index contributed by atoms with van der Waals surface area (Å²) >= 11 is 2.14. The van der Waals surface area contributed by atoms with E-state index in [1.165, 1.54) is 12.8 Å². The number of benzene rings is 1. The van der Waals surface area contributed by atoms with Crippen molar-refractivity contribution in [3.8, 4) is 0 Å². The number of hydrogen-bond acceptors (Lipinski definition) is 1. The summed E-state index contributed by atoms with van der Waals surface area (Å²) in [5, 5.41) is 1.85. The molecule has 1 heterocycles. The third kappa shape index (κ3) is 0.839. The maximum absolute atomic E-state index is 2.30. The predicted octanol–water partition coefficient (Wildman–Crippen LogP) is 2.79. The van der Waals surface area contributed by atoms with Crippen LogP contribution < -0.4 is 0 Å². The van der Waals surface area contributed by atoms with Gasteiger partial charge in [0.1, 0.15) is 0 Å². The Hall–Kier alpha value is -0.430. The van der Waals surface area contributed by atoms with E-state index in [9.17, 15) is 0 Å². The first-order chi connectivity index (χ1) is 5.45. The molecule has 0 spiro atoms. The highest BCUT2D eigenvalue weighted by Crippen LogP contribution is 2.60. The Bertz CT molecular complexity index is 293. The van der Waals surface area contributed by atoms with Crippen LogP contribution in [-0.4, -0.2) is 5.25 Å². The van der Waals surface area contributed by atoms with E-state index in [0.29, 0.717) is 0 Å². The van der Waals surface area contributed by atoms with Gasteiger partial charge in [-0.3, -0.25) is 0 Å². The molecule has 0 amide bonds. The molecule has 0 N–H and O–H groups in total. The lowest BCUT2D eigenvalue weighted by atomic mass is 9.92. The number of hydrogen-bond donors (Lipinski definition) is 0. The van der Waals surface area contributed by atoms with Crippen LogP contribution in [0.1, 0.15) is 22.8 Å². The molecule has 1 heteroatoms. The quantitative estimate of drug-likeness (QED) is 0.529. The molecule has 1 saturated heterocycles. The SMILES string of the molecule is c1ccc2c(c1)CCC1SC21. The molecule has 11 heavy (non-hydrogen) atoms. The second-order valence-electron chi connectivity index (χ2n) is 3.33. The van der Waals surface area contributed by atoms with Crippen molar-refractivity contribution in [1.82, 2.24) is 0 Å². The Morgan fingerprint density at radius 2 is 2.18 bits per heavy atom. The fourth-order valence-electron chi connectivity index (χ4n) is 1.97. The van der Waals surface area contributed by atoms with Crippen molar-refractivity contribution in [2.45, 2.75) is 23.3 Å². The van der Waals surface area contributed by atoms with Gasteiger partial charge in [-0.1, -0.05) is 24.3 Å². The standard InChI is InChI=1S/C10H10S/c1-2-4-8-7(3-1)5-6-9-10(8)11-9/h1-4,9-10H,5-6H2. The average molecular weight is 162 g/mol. The molecule has 1 aromatic rings. The molecule has 0 radical (unpaired) electrons. The van der Waals surface area contributed by atoms with Gasteiger partial charge < -0.3 is 0 Å². The smallest absolute Gasteiger partial charge is 0.0422 e. The third-order valence-corrected chi connectivity index (χ3v) is 4.06. The van der Waals surface area contributed by atoms with Gasteiger partial charge in [0.2, 0.25) is 0 Å². The fraction of sp³-hybridized carbons (Fsp3) is 0.400. The van der Waals surface area contributed by atoms with Crippen molar-refractivity contribution in [2.75, 3.05) is 0 Å². The molecule has 1 aliphatic carbocycles. The third-order valence-electron chi connectivity index (χ3n) is 2.64. The molecule has 1 fully saturated rings. The van der Waals surface area contributed by atoms with Crippen molar-refractivity contribution in [1.29, 1.82) is 0 Å². The summed E-state index contributed by atoms with van der Waals surface area (Å²) in [5.74, 6) is 0. The van der Waals surface area contributed by atoms with Gasteiger partial charge in [0.05, 0.1) is 0 Å². The molecule has 56 valence electrons. The van der Waals surface area contributed by atoms with Crippen molar-refractivity contribution < 1.29 is 0 Å². The molecule has 2 unspecified atom stereocenters. The lowest BCUT2D eigenvalue weighted by molar-refractivity contribution is 0.753. The molecule has 0 bridgehead atoms. The number of fused-ring (bicyclic) bond motifs is 3. The van der Waals surface area contributed by atoms with Crippen LogP contribution in [0.15, 0.2) is 24.3 Å². The summed E-state index contributed by atoms with van der Waals surface area (Å²) in [7, 11) is 0. The van der Waals surface area contributed by atoms with Crippen molar-refractivity contribution in [2.24, 2.45) is 0 Å². The maximum atomic E-state index is 2.30. The summed E-state index contributed by atoms with van der Waals surface area (Å²) in [6, 6.07) is 8.91. The van der Waals surface area contributed by atoms with Crippen LogP contribution >= 0.6 is 11.8 Å². The Labute approximate surface area is 71.0 Å². The molecule has 3 rings (SSSR count). The fourth-order valence-corrected chi connectivity index (χ4v) is 3.17. The summed E-state index contributed by atoms with van der Waals surface area (Å²) in [4.78, 5) is 0. The highest BCUT2D eigenvalue weighted by atomic mass is 32.2. The molecular weight excluding hydrogens is 152 g/mol. The first-order valence-corrected chi connectivity index (χ1v) is 5.13. The van der Waals surface area contributed by atoms with Crippen LogP contribution in [0.5, 0.6) is 0 Å². The van der Waals surface area contributed by atoms with Gasteiger partial charge in [0.15, 0.2) is 0 Å². The molecule has 0 saturated carbocycles. The van der Waals surface area contributed by atoms with Gasteiger partial charge in [-0.2, -0.15) is 0 Å². The van der Waals surface area contributed by atoms with Crippen LogP contribution in [0.2, 0.25) is 0 Å². The second-order valence-corrected chi connectivity index (χ2v) is 4.72. The van der Waals surface area contributed by atoms with Gasteiger partial charge >= 0.3 is 0 Å². The van der Waals surface area contributed by atoms with Crippen LogP contribution in [0, 0.1) is 0 Å². The lowest BCUT2D eigenvalue weighted by Gasteiger charge is -2.11. The van der Waals surface area contributed by atoms with E-state index in [1.54, 1.807) is 11.1 Å². The topological polar surface area (TPSA) is 0 Å². The van der Waals surface area contributed by atoms with E-state index in [2.05, 4.69) is 36.0 Å². The number of thioether (sulfide) groups is 1. The summed E-state index contributed by atoms with van der Waals surface area (Å²) in [6.45, 7) is 0. The lowest BCUT2D eigenvalue weighted by Crippen LogP contribution is -2.03. The Balaban J connectivity index is 2.14. The molecule has 2 atom stereocenters. The molecule has 1 aliphatic heterocycles. The first kappa shape index (κ1) is 6.13. The van der Waals surface area contributed by atoms with Gasteiger partial charge in [-0.15, -0.1) is 11.8 Å². The van der Waals surface area contributed by atoms with Crippen molar-refractivity contribution >= 4 is 11.8 Å². The van der Waals surface area contributed by atoms with E-state index in [1.807, 2.05) is 0 Å². The first-order valence-electron chi connectivity index (χ1n) is 4.18. The largest absolute Gasteiger partial charge is 0.148 e. The minimum absolute atomic E-state index is 0.875. The highest BCUT2D eigenvalue weighted by molar-refractivity contribution is 8.07. The minimum atomic E-state index is 0.875. The zero-order valence-corrected chi connectivity index (χ0v) is 7.10. The summed E-state index contributed by atoms with van der Waals surface area (Å²) < 4.78 is 0. The molecule has 0 nitrogen and oxygen atoms in total. The van der Waals surface area contributed by atoms with Crippen LogP contribution in [-0.2, 0) is 6.42 Å². The predicted molar refractivity (Wildman–Crippen MR) is 48.9 cm³/mol. The van der Waals surface area contributed by atoms with E-state index in [0.717, 1.165) is 10.5 Å². The maximum Gasteiger partial charge on any atom is 0.0422 e. The average Bonchev–Trinajstić information content (AvgIpc) is 2.83. The van der Waals surface area contributed by atoms with Crippen LogP contribution in [0.3, 0.4) is 0 Å². The molecule has 0 aromatic heterocycles. The van der Waals surface area contributed by atoms with Crippen LogP contribution in [0.4, 0.5) is 0 Å². The normalized spacial score (nSPS) is 32.4. The van der Waals surface area contributed by atoms with E-state index < -0.39 is 0 Å². The van der Waals surface area contributed by atoms with Gasteiger partial charge in [0, 0.05) is 10.5 Å². The van der Waals surface area contributed by atoms with E-state index in [-0.39, 0.29) is 0 Å². The monoisotopic (exact) mass is 162 g/mol. The van der Waals surface area contributed by atoms with E-state index in [4.69, 9.17) is 0 Å². The highest BCUT2D eigenvalue weighted by Gasteiger charge is 2.42. The summed E-state index contributed by atoms with van der Waals surface area (Å²) in [5.41, 5.74) is 3.22. The number of rotatable bonds is 0. The van der Waals surface area contributed by atoms with Crippen LogP contribution in [0.25, 0.3) is 0 Å². The second kappa shape index (κ2) is 2.04. The van der Waals surface area contributed by atoms with Crippen molar-refractivity contribution in [3.63, 3.8) is 0 Å². The Kier molecular flexibility index (Phi) is 1.14. The zero-order chi connectivity index (χ0) is 7.26. The molecule has 1 aromatic carbocycles. The van der Waals surface area contributed by atoms with Gasteiger partial charge in [-0.05, 0) is 24.0 Å². The van der Waals surface area contributed by atoms with Gasteiger partial charge in [-0.25, -0.2) is 0 Å². The molecular formula is C10H10S. The van der Waals surface area contributed by atoms with E-state index >= 15 is 0 Å². The Morgan fingerprint density at radius 1 is 1.27 bits per heavy atom. The van der Waals surface area contributed by atoms with Gasteiger partial charge in [0.25, 0.3) is 0 Å². The Morgan fingerprint density at radius 3 is 3.18 bits per heavy atom. The zero-order valence-electron chi connectivity index (χ0n) is 6.29. The van der Waals surface area contributed by atoms with Crippen molar-refractivity contribution in [3.05, 3.63) is 35.4 Å². The number of aryl methyl sites for hydroxylation is 1. The summed E-state index contributed by atoms with van der Waals surface area (Å²) in [6.07, 6.45) is 2.72.